The summed E-state index contributed by atoms with van der Waals surface area (Å²) in [5, 5.41) is 5.15. The fourth-order valence-corrected chi connectivity index (χ4v) is 8.61. The van der Waals surface area contributed by atoms with Gasteiger partial charge in [0.25, 0.3) is 0 Å². The molecule has 0 fully saturated rings. The summed E-state index contributed by atoms with van der Waals surface area (Å²) in [7, 11) is 0. The van der Waals surface area contributed by atoms with Gasteiger partial charge in [0, 0.05) is 34.0 Å². The molecule has 1 heterocycles. The molecule has 254 valence electrons. The van der Waals surface area contributed by atoms with Crippen LogP contribution in [-0.4, -0.2) is 11.0 Å². The van der Waals surface area contributed by atoms with Gasteiger partial charge in [-0.15, -0.1) is 0 Å². The van der Waals surface area contributed by atoms with Crippen LogP contribution in [-0.2, 0) is 6.42 Å². The standard InChI is InChI=1S/C49H43N3/c1-32(2)42-30-45(51(35-18-7-5-8-19-35)44-23-15-17-34-16-11-12-22-37(34)44)40-27-25-39-43(33(3)4)31-46(41-28-26-38(42)48(40)49(39)41)52(36-20-9-6-10-21-36)47-24-13-14-29-50-47/h5-24,26-33,45H,25H2,1-4H3. The zero-order valence-electron chi connectivity index (χ0n) is 30.3. The summed E-state index contributed by atoms with van der Waals surface area (Å²) in [5.41, 5.74) is 13.0. The molecule has 3 nitrogen and oxygen atoms in total. The number of aromatic nitrogens is 1. The number of allylic oxidation sites excluding steroid dienone is 2. The molecule has 6 aromatic carbocycles. The minimum atomic E-state index is 0.00373. The monoisotopic (exact) mass is 673 g/mol. The van der Waals surface area contributed by atoms with Crippen molar-refractivity contribution < 1.29 is 0 Å². The Labute approximate surface area is 307 Å². The normalized spacial score (nSPS) is 14.8. The molecule has 52 heavy (non-hydrogen) atoms. The van der Waals surface area contributed by atoms with Gasteiger partial charge in [-0.25, -0.2) is 4.98 Å². The van der Waals surface area contributed by atoms with Crippen molar-refractivity contribution in [3.63, 3.8) is 0 Å². The lowest BCUT2D eigenvalue weighted by Gasteiger charge is -2.41. The van der Waals surface area contributed by atoms with Crippen molar-refractivity contribution >= 4 is 61.3 Å². The van der Waals surface area contributed by atoms with Crippen LogP contribution in [0.1, 0.15) is 55.9 Å². The number of pyridine rings is 1. The molecule has 2 aliphatic rings. The fourth-order valence-electron chi connectivity index (χ4n) is 8.61. The van der Waals surface area contributed by atoms with Crippen LogP contribution in [0.4, 0.5) is 28.6 Å². The van der Waals surface area contributed by atoms with Gasteiger partial charge in [-0.3, -0.25) is 4.90 Å². The summed E-state index contributed by atoms with van der Waals surface area (Å²) in [6.45, 7) is 9.36. The maximum absolute atomic E-state index is 4.91. The summed E-state index contributed by atoms with van der Waals surface area (Å²) < 4.78 is 0. The molecular formula is C49H43N3. The first-order valence-corrected chi connectivity index (χ1v) is 18.6. The van der Waals surface area contributed by atoms with Gasteiger partial charge in [0.2, 0.25) is 0 Å². The summed E-state index contributed by atoms with van der Waals surface area (Å²) in [4.78, 5) is 9.85. The molecule has 0 N–H and O–H groups in total. The summed E-state index contributed by atoms with van der Waals surface area (Å²) in [6, 6.07) is 50.6. The third-order valence-electron chi connectivity index (χ3n) is 10.9. The second kappa shape index (κ2) is 13.0. The summed E-state index contributed by atoms with van der Waals surface area (Å²) >= 11 is 0. The Balaban J connectivity index is 1.35. The van der Waals surface area contributed by atoms with Crippen LogP contribution in [0.25, 0.3) is 32.7 Å². The Bertz CT molecular complexity index is 2450. The molecule has 1 atom stereocenters. The van der Waals surface area contributed by atoms with E-state index in [1.807, 2.05) is 12.3 Å². The van der Waals surface area contributed by atoms with Crippen molar-refractivity contribution in [3.05, 3.63) is 180 Å². The van der Waals surface area contributed by atoms with Crippen LogP contribution >= 0.6 is 0 Å². The molecule has 1 aromatic heterocycles. The minimum Gasteiger partial charge on any atom is -0.330 e. The first-order valence-electron chi connectivity index (χ1n) is 18.6. The highest BCUT2D eigenvalue weighted by molar-refractivity contribution is 6.12. The molecule has 0 aliphatic heterocycles. The van der Waals surface area contributed by atoms with Gasteiger partial charge in [0.15, 0.2) is 0 Å². The Morgan fingerprint density at radius 2 is 1.35 bits per heavy atom. The van der Waals surface area contributed by atoms with Gasteiger partial charge in [0.05, 0.1) is 11.7 Å². The number of para-hydroxylation sites is 2. The molecule has 2 aliphatic carbocycles. The maximum Gasteiger partial charge on any atom is 0.137 e. The van der Waals surface area contributed by atoms with Gasteiger partial charge in [-0.2, -0.15) is 0 Å². The Morgan fingerprint density at radius 1 is 0.635 bits per heavy atom. The zero-order chi connectivity index (χ0) is 35.3. The summed E-state index contributed by atoms with van der Waals surface area (Å²) in [6.07, 6.45) is 7.89. The van der Waals surface area contributed by atoms with E-state index in [1.165, 1.54) is 72.0 Å². The molecule has 7 aromatic rings. The number of nitrogens with zero attached hydrogens (tertiary/aromatic N) is 3. The van der Waals surface area contributed by atoms with E-state index in [4.69, 9.17) is 4.98 Å². The number of fused-ring (bicyclic) bond motifs is 1. The second-order valence-electron chi connectivity index (χ2n) is 14.7. The smallest absolute Gasteiger partial charge is 0.137 e. The molecule has 0 bridgehead atoms. The number of hydrogen-bond donors (Lipinski definition) is 0. The van der Waals surface area contributed by atoms with Crippen molar-refractivity contribution in [1.82, 2.24) is 4.98 Å². The van der Waals surface area contributed by atoms with E-state index in [0.717, 1.165) is 17.9 Å². The molecule has 1 unspecified atom stereocenters. The molecule has 9 rings (SSSR count). The van der Waals surface area contributed by atoms with E-state index in [2.05, 4.69) is 183 Å². The molecular weight excluding hydrogens is 631 g/mol. The highest BCUT2D eigenvalue weighted by Crippen LogP contribution is 2.52. The van der Waals surface area contributed by atoms with E-state index in [9.17, 15) is 0 Å². The van der Waals surface area contributed by atoms with Crippen LogP contribution in [0.3, 0.4) is 0 Å². The molecule has 0 amide bonds. The summed E-state index contributed by atoms with van der Waals surface area (Å²) in [5.74, 6) is 1.60. The largest absolute Gasteiger partial charge is 0.330 e. The van der Waals surface area contributed by atoms with Gasteiger partial charge >= 0.3 is 0 Å². The van der Waals surface area contributed by atoms with Gasteiger partial charge in [0.1, 0.15) is 5.82 Å². The topological polar surface area (TPSA) is 19.4 Å². The quantitative estimate of drug-likeness (QED) is 0.160. The first kappa shape index (κ1) is 32.0. The van der Waals surface area contributed by atoms with Gasteiger partial charge in [-0.05, 0) is 111 Å². The molecule has 3 heteroatoms. The maximum atomic E-state index is 4.91. The lowest BCUT2D eigenvalue weighted by atomic mass is 9.72. The molecule has 0 spiro atoms. The van der Waals surface area contributed by atoms with Crippen LogP contribution in [0.5, 0.6) is 0 Å². The molecule has 0 saturated carbocycles. The van der Waals surface area contributed by atoms with Gasteiger partial charge in [-0.1, -0.05) is 131 Å². The van der Waals surface area contributed by atoms with Gasteiger partial charge < -0.3 is 4.90 Å². The van der Waals surface area contributed by atoms with Crippen LogP contribution in [0, 0.1) is 5.92 Å². The molecule has 0 radical (unpaired) electrons. The highest BCUT2D eigenvalue weighted by Gasteiger charge is 2.36. The Hall–Kier alpha value is -5.93. The number of anilines is 5. The predicted molar refractivity (Wildman–Crippen MR) is 221 cm³/mol. The van der Waals surface area contributed by atoms with E-state index in [1.54, 1.807) is 0 Å². The Kier molecular flexibility index (Phi) is 8.00. The van der Waals surface area contributed by atoms with E-state index < -0.39 is 0 Å². The number of hydrogen-bond acceptors (Lipinski definition) is 3. The first-order chi connectivity index (χ1) is 25.5. The van der Waals surface area contributed by atoms with Crippen LogP contribution < -0.4 is 9.80 Å². The number of rotatable bonds is 8. The average molecular weight is 674 g/mol. The third-order valence-corrected chi connectivity index (χ3v) is 10.9. The highest BCUT2D eigenvalue weighted by atomic mass is 15.2. The van der Waals surface area contributed by atoms with Crippen molar-refractivity contribution in [2.45, 2.75) is 46.1 Å². The van der Waals surface area contributed by atoms with Crippen molar-refractivity contribution in [2.75, 3.05) is 9.80 Å². The Morgan fingerprint density at radius 3 is 2.08 bits per heavy atom. The van der Waals surface area contributed by atoms with Crippen molar-refractivity contribution in [1.29, 1.82) is 0 Å². The predicted octanol–water partition coefficient (Wildman–Crippen LogP) is 13.2. The van der Waals surface area contributed by atoms with E-state index in [-0.39, 0.29) is 6.04 Å². The number of benzene rings is 6. The van der Waals surface area contributed by atoms with E-state index >= 15 is 0 Å². The van der Waals surface area contributed by atoms with Crippen molar-refractivity contribution in [2.24, 2.45) is 5.92 Å². The third kappa shape index (κ3) is 5.23. The fraction of sp³-hybridized carbons (Fsp3) is 0.163. The van der Waals surface area contributed by atoms with Crippen molar-refractivity contribution in [3.8, 4) is 0 Å². The zero-order valence-corrected chi connectivity index (χ0v) is 30.3. The molecule has 0 saturated heterocycles. The second-order valence-corrected chi connectivity index (χ2v) is 14.7. The van der Waals surface area contributed by atoms with E-state index in [0.29, 0.717) is 11.8 Å². The lowest BCUT2D eigenvalue weighted by Crippen LogP contribution is -2.34. The average Bonchev–Trinajstić information content (AvgIpc) is 3.19. The SMILES string of the molecule is CC(C)C1=CC(N(c2ccccc2)c2cccc3ccccc23)C2=CCc3c(C(C)C)cc(N(c4ccccc4)c4ccccn4)c4ccc1c2c34. The van der Waals surface area contributed by atoms with Crippen LogP contribution in [0.15, 0.2) is 158 Å². The minimum absolute atomic E-state index is 0.00373. The lowest BCUT2D eigenvalue weighted by molar-refractivity contribution is 0.832. The van der Waals surface area contributed by atoms with Crippen LogP contribution in [0.2, 0.25) is 0 Å².